The van der Waals surface area contributed by atoms with Crippen LogP contribution in [0.25, 0.3) is 0 Å². The second-order valence-electron chi connectivity index (χ2n) is 3.99. The molecule has 0 saturated heterocycles. The van der Waals surface area contributed by atoms with Gasteiger partial charge >= 0.3 is 0 Å². The number of hydrogen-bond donors (Lipinski definition) is 1. The number of aromatic nitrogens is 1. The Morgan fingerprint density at radius 1 is 1.67 bits per heavy atom. The topological polar surface area (TPSA) is 48.0 Å². The van der Waals surface area contributed by atoms with Crippen LogP contribution in [0.1, 0.15) is 41.5 Å². The van der Waals surface area contributed by atoms with E-state index < -0.39 is 0 Å². The predicted molar refractivity (Wildman–Crippen MR) is 62.0 cm³/mol. The Morgan fingerprint density at radius 2 is 2.27 bits per heavy atom. The third kappa shape index (κ3) is 2.12. The lowest BCUT2D eigenvalue weighted by atomic mass is 10.1. The highest BCUT2D eigenvalue weighted by Crippen LogP contribution is 2.22. The molecule has 0 aliphatic rings. The van der Waals surface area contributed by atoms with Crippen LogP contribution in [-0.2, 0) is 6.54 Å². The van der Waals surface area contributed by atoms with Crippen LogP contribution in [0.4, 0.5) is 0 Å². The molecule has 82 valence electrons. The van der Waals surface area contributed by atoms with Crippen LogP contribution < -0.4 is 5.73 Å². The molecule has 0 aliphatic heterocycles. The van der Waals surface area contributed by atoms with E-state index in [1.165, 1.54) is 0 Å². The highest BCUT2D eigenvalue weighted by atomic mass is 16.1. The maximum atomic E-state index is 11.2. The van der Waals surface area contributed by atoms with Gasteiger partial charge in [0.05, 0.1) is 5.56 Å². The molecule has 0 aliphatic carbocycles. The second kappa shape index (κ2) is 4.34. The number of hydrogen-bond acceptors (Lipinski definition) is 1. The minimum absolute atomic E-state index is 0.364. The maximum Gasteiger partial charge on any atom is 0.250 e. The number of nitrogens with two attached hydrogens (primary N) is 1. The zero-order valence-electron chi connectivity index (χ0n) is 9.58. The van der Waals surface area contributed by atoms with E-state index in [2.05, 4.69) is 25.0 Å². The molecule has 0 spiro atoms. The molecule has 1 rings (SSSR count). The van der Waals surface area contributed by atoms with Crippen molar-refractivity contribution >= 4 is 5.91 Å². The van der Waals surface area contributed by atoms with E-state index in [1.807, 2.05) is 19.1 Å². The van der Waals surface area contributed by atoms with Crippen molar-refractivity contribution in [1.82, 2.24) is 4.57 Å². The molecule has 0 radical (unpaired) electrons. The predicted octanol–water partition coefficient (Wildman–Crippen LogP) is 2.20. The Balaban J connectivity index is 3.32. The standard InChI is InChI=1S/C12H18N2O/c1-5-6-14-9(4)10(12(13)15)7-11(14)8(2)3/h5,7-8H,1,6H2,2-4H3,(H2,13,15). The molecule has 0 saturated carbocycles. The second-order valence-corrected chi connectivity index (χ2v) is 3.99. The Hall–Kier alpha value is -1.51. The summed E-state index contributed by atoms with van der Waals surface area (Å²) in [5.41, 5.74) is 7.98. The lowest BCUT2D eigenvalue weighted by Gasteiger charge is -2.11. The first-order valence-corrected chi connectivity index (χ1v) is 5.09. The first-order chi connectivity index (χ1) is 6.99. The molecule has 1 amide bonds. The lowest BCUT2D eigenvalue weighted by molar-refractivity contribution is 0.0999. The van der Waals surface area contributed by atoms with Crippen LogP contribution in [0.3, 0.4) is 0 Å². The van der Waals surface area contributed by atoms with Gasteiger partial charge < -0.3 is 10.3 Å². The summed E-state index contributed by atoms with van der Waals surface area (Å²) < 4.78 is 2.08. The van der Waals surface area contributed by atoms with E-state index in [0.29, 0.717) is 18.0 Å². The molecule has 15 heavy (non-hydrogen) atoms. The molecule has 1 heterocycles. The molecule has 1 aromatic heterocycles. The fourth-order valence-electron chi connectivity index (χ4n) is 1.77. The third-order valence-electron chi connectivity index (χ3n) is 2.57. The average molecular weight is 206 g/mol. The highest BCUT2D eigenvalue weighted by Gasteiger charge is 2.16. The highest BCUT2D eigenvalue weighted by molar-refractivity contribution is 5.94. The van der Waals surface area contributed by atoms with Crippen molar-refractivity contribution in [2.24, 2.45) is 5.73 Å². The first-order valence-electron chi connectivity index (χ1n) is 5.09. The smallest absolute Gasteiger partial charge is 0.250 e. The van der Waals surface area contributed by atoms with Crippen molar-refractivity contribution in [3.05, 3.63) is 35.7 Å². The summed E-state index contributed by atoms with van der Waals surface area (Å²) in [6, 6.07) is 1.88. The third-order valence-corrected chi connectivity index (χ3v) is 2.57. The normalized spacial score (nSPS) is 10.7. The van der Waals surface area contributed by atoms with Gasteiger partial charge in [0.2, 0.25) is 0 Å². The van der Waals surface area contributed by atoms with Crippen LogP contribution in [0.15, 0.2) is 18.7 Å². The molecule has 2 N–H and O–H groups in total. The molecule has 3 heteroatoms. The number of carbonyl (C=O) groups is 1. The van der Waals surface area contributed by atoms with Crippen molar-refractivity contribution in [3.8, 4) is 0 Å². The van der Waals surface area contributed by atoms with Gasteiger partial charge in [-0.3, -0.25) is 4.79 Å². The summed E-state index contributed by atoms with van der Waals surface area (Å²) in [6.07, 6.45) is 1.82. The largest absolute Gasteiger partial charge is 0.366 e. The first kappa shape index (κ1) is 11.6. The minimum Gasteiger partial charge on any atom is -0.366 e. The van der Waals surface area contributed by atoms with Crippen LogP contribution >= 0.6 is 0 Å². The van der Waals surface area contributed by atoms with Crippen LogP contribution in [0.5, 0.6) is 0 Å². The van der Waals surface area contributed by atoms with Gasteiger partial charge in [-0.25, -0.2) is 0 Å². The molecular formula is C12H18N2O. The summed E-state index contributed by atoms with van der Waals surface area (Å²) >= 11 is 0. The molecule has 0 fully saturated rings. The van der Waals surface area contributed by atoms with E-state index in [-0.39, 0.29) is 5.91 Å². The molecule has 0 unspecified atom stereocenters. The fraction of sp³-hybridized carbons (Fsp3) is 0.417. The number of carbonyl (C=O) groups excluding carboxylic acids is 1. The zero-order valence-corrected chi connectivity index (χ0v) is 9.58. The van der Waals surface area contributed by atoms with Crippen molar-refractivity contribution < 1.29 is 4.79 Å². The molecule has 0 atom stereocenters. The summed E-state index contributed by atoms with van der Waals surface area (Å²) in [5.74, 6) is 0.00830. The van der Waals surface area contributed by atoms with Crippen molar-refractivity contribution in [2.45, 2.75) is 33.2 Å². The number of nitrogens with zero attached hydrogens (tertiary/aromatic N) is 1. The van der Waals surface area contributed by atoms with E-state index >= 15 is 0 Å². The van der Waals surface area contributed by atoms with Crippen LogP contribution in [0, 0.1) is 6.92 Å². The van der Waals surface area contributed by atoms with Crippen LogP contribution in [0.2, 0.25) is 0 Å². The number of amides is 1. The molecule has 0 aromatic carbocycles. The monoisotopic (exact) mass is 206 g/mol. The Kier molecular flexibility index (Phi) is 3.35. The van der Waals surface area contributed by atoms with Gasteiger partial charge in [-0.2, -0.15) is 0 Å². The van der Waals surface area contributed by atoms with Gasteiger partial charge in [0, 0.05) is 17.9 Å². The van der Waals surface area contributed by atoms with Crippen molar-refractivity contribution in [1.29, 1.82) is 0 Å². The van der Waals surface area contributed by atoms with E-state index in [1.54, 1.807) is 0 Å². The summed E-state index contributed by atoms with van der Waals surface area (Å²) in [6.45, 7) is 10.5. The SMILES string of the molecule is C=CCn1c(C(C)C)cc(C(N)=O)c1C. The van der Waals surface area contributed by atoms with Gasteiger partial charge in [0.25, 0.3) is 5.91 Å². The number of primary amides is 1. The van der Waals surface area contributed by atoms with E-state index in [9.17, 15) is 4.79 Å². The molecular weight excluding hydrogens is 188 g/mol. The number of rotatable bonds is 4. The average Bonchev–Trinajstić information content (AvgIpc) is 2.45. The van der Waals surface area contributed by atoms with Gasteiger partial charge in [0.15, 0.2) is 0 Å². The van der Waals surface area contributed by atoms with E-state index in [0.717, 1.165) is 11.4 Å². The van der Waals surface area contributed by atoms with Gasteiger partial charge in [-0.15, -0.1) is 6.58 Å². The van der Waals surface area contributed by atoms with Crippen LogP contribution in [-0.4, -0.2) is 10.5 Å². The molecule has 1 aromatic rings. The lowest BCUT2D eigenvalue weighted by Crippen LogP contribution is -2.12. The Morgan fingerprint density at radius 3 is 2.67 bits per heavy atom. The number of allylic oxidation sites excluding steroid dienone is 1. The van der Waals surface area contributed by atoms with Crippen molar-refractivity contribution in [3.63, 3.8) is 0 Å². The van der Waals surface area contributed by atoms with E-state index in [4.69, 9.17) is 5.73 Å². The summed E-state index contributed by atoms with van der Waals surface area (Å²) in [5, 5.41) is 0. The maximum absolute atomic E-state index is 11.2. The molecule has 0 bridgehead atoms. The summed E-state index contributed by atoms with van der Waals surface area (Å²) in [4.78, 5) is 11.2. The minimum atomic E-state index is -0.364. The zero-order chi connectivity index (χ0) is 11.6. The summed E-state index contributed by atoms with van der Waals surface area (Å²) in [7, 11) is 0. The Bertz CT molecular complexity index is 389. The Labute approximate surface area is 90.6 Å². The van der Waals surface area contributed by atoms with Gasteiger partial charge in [-0.1, -0.05) is 19.9 Å². The van der Waals surface area contributed by atoms with Gasteiger partial charge in [-0.05, 0) is 18.9 Å². The molecule has 3 nitrogen and oxygen atoms in total. The van der Waals surface area contributed by atoms with Gasteiger partial charge in [0.1, 0.15) is 0 Å². The quantitative estimate of drug-likeness (QED) is 0.754. The fourth-order valence-corrected chi connectivity index (χ4v) is 1.77. The van der Waals surface area contributed by atoms with Crippen molar-refractivity contribution in [2.75, 3.05) is 0 Å².